The molecule has 86 valence electrons. The van der Waals surface area contributed by atoms with Gasteiger partial charge in [0.2, 0.25) is 0 Å². The number of esters is 1. The summed E-state index contributed by atoms with van der Waals surface area (Å²) in [6.07, 6.45) is 3.25. The number of benzene rings is 1. The molecule has 4 nitrogen and oxygen atoms in total. The molecule has 0 fully saturated rings. The third-order valence-electron chi connectivity index (χ3n) is 2.05. The monoisotopic (exact) mass is 222 g/mol. The van der Waals surface area contributed by atoms with Gasteiger partial charge >= 0.3 is 5.97 Å². The van der Waals surface area contributed by atoms with Crippen LogP contribution in [-0.4, -0.2) is 31.9 Å². The standard InChI is InChI=1S/C12H14O4/c1-15-11-6-5-10(12(14)16-2)8-9(11)4-3-7-13/h3-6,8,13H,7H2,1-2H3/b4-3+. The van der Waals surface area contributed by atoms with Crippen molar-refractivity contribution >= 4 is 12.0 Å². The zero-order valence-electron chi connectivity index (χ0n) is 9.27. The van der Waals surface area contributed by atoms with Crippen molar-refractivity contribution in [1.82, 2.24) is 0 Å². The van der Waals surface area contributed by atoms with Crippen molar-refractivity contribution in [2.45, 2.75) is 0 Å². The first kappa shape index (κ1) is 12.3. The van der Waals surface area contributed by atoms with E-state index in [-0.39, 0.29) is 6.61 Å². The van der Waals surface area contributed by atoms with Crippen LogP contribution in [-0.2, 0) is 4.74 Å². The third kappa shape index (κ3) is 2.84. The van der Waals surface area contributed by atoms with E-state index in [1.807, 2.05) is 0 Å². The number of hydrogen-bond donors (Lipinski definition) is 1. The molecular formula is C12H14O4. The first-order valence-electron chi connectivity index (χ1n) is 4.76. The first-order valence-corrected chi connectivity index (χ1v) is 4.76. The molecule has 0 atom stereocenters. The normalized spacial score (nSPS) is 10.4. The highest BCUT2D eigenvalue weighted by Crippen LogP contribution is 2.21. The molecule has 1 aromatic carbocycles. The van der Waals surface area contributed by atoms with Crippen molar-refractivity contribution in [3.63, 3.8) is 0 Å². The van der Waals surface area contributed by atoms with Crippen LogP contribution >= 0.6 is 0 Å². The lowest BCUT2D eigenvalue weighted by Gasteiger charge is -2.06. The molecule has 0 amide bonds. The molecule has 0 heterocycles. The van der Waals surface area contributed by atoms with E-state index < -0.39 is 5.97 Å². The number of rotatable bonds is 4. The Bertz CT molecular complexity index is 396. The largest absolute Gasteiger partial charge is 0.496 e. The average Bonchev–Trinajstić information content (AvgIpc) is 2.34. The minimum absolute atomic E-state index is 0.0639. The molecule has 1 rings (SSSR count). The molecule has 16 heavy (non-hydrogen) atoms. The van der Waals surface area contributed by atoms with Crippen LogP contribution in [0.15, 0.2) is 24.3 Å². The van der Waals surface area contributed by atoms with Gasteiger partial charge in [0.05, 0.1) is 26.4 Å². The molecule has 0 aliphatic carbocycles. The maximum Gasteiger partial charge on any atom is 0.337 e. The van der Waals surface area contributed by atoms with Gasteiger partial charge in [-0.1, -0.05) is 12.2 Å². The van der Waals surface area contributed by atoms with Crippen molar-refractivity contribution < 1.29 is 19.4 Å². The summed E-state index contributed by atoms with van der Waals surface area (Å²) in [5, 5.41) is 8.70. The van der Waals surface area contributed by atoms with Gasteiger partial charge < -0.3 is 14.6 Å². The second-order valence-corrected chi connectivity index (χ2v) is 3.03. The summed E-state index contributed by atoms with van der Waals surface area (Å²) in [5.74, 6) is 0.235. The van der Waals surface area contributed by atoms with E-state index in [1.54, 1.807) is 37.5 Å². The van der Waals surface area contributed by atoms with Crippen molar-refractivity contribution in [3.05, 3.63) is 35.4 Å². The van der Waals surface area contributed by atoms with Crippen LogP contribution in [0.1, 0.15) is 15.9 Å². The fourth-order valence-corrected chi connectivity index (χ4v) is 1.29. The van der Waals surface area contributed by atoms with E-state index in [0.29, 0.717) is 11.3 Å². The molecule has 0 unspecified atom stereocenters. The second kappa shape index (κ2) is 5.92. The summed E-state index contributed by atoms with van der Waals surface area (Å²) < 4.78 is 9.74. The predicted octanol–water partition coefficient (Wildman–Crippen LogP) is 1.49. The van der Waals surface area contributed by atoms with Gasteiger partial charge in [-0.2, -0.15) is 0 Å². The van der Waals surface area contributed by atoms with Crippen LogP contribution in [0.25, 0.3) is 6.08 Å². The van der Waals surface area contributed by atoms with Crippen molar-refractivity contribution in [1.29, 1.82) is 0 Å². The summed E-state index contributed by atoms with van der Waals surface area (Å²) in [5.41, 5.74) is 1.17. The first-order chi connectivity index (χ1) is 7.72. The fourth-order valence-electron chi connectivity index (χ4n) is 1.29. The summed E-state index contributed by atoms with van der Waals surface area (Å²) in [7, 11) is 2.87. The summed E-state index contributed by atoms with van der Waals surface area (Å²) in [6, 6.07) is 4.96. The van der Waals surface area contributed by atoms with Crippen molar-refractivity contribution in [2.24, 2.45) is 0 Å². The molecule has 0 aliphatic rings. The van der Waals surface area contributed by atoms with Gasteiger partial charge in [-0.15, -0.1) is 0 Å². The maximum absolute atomic E-state index is 11.3. The van der Waals surface area contributed by atoms with Gasteiger partial charge in [-0.25, -0.2) is 4.79 Å². The van der Waals surface area contributed by atoms with E-state index in [9.17, 15) is 4.79 Å². The number of methoxy groups -OCH3 is 2. The Morgan fingerprint density at radius 2 is 2.19 bits per heavy atom. The van der Waals surface area contributed by atoms with E-state index in [2.05, 4.69) is 4.74 Å². The Kier molecular flexibility index (Phi) is 4.54. The van der Waals surface area contributed by atoms with Crippen molar-refractivity contribution in [2.75, 3.05) is 20.8 Å². The van der Waals surface area contributed by atoms with E-state index in [1.165, 1.54) is 7.11 Å². The average molecular weight is 222 g/mol. The second-order valence-electron chi connectivity index (χ2n) is 3.03. The molecule has 0 bridgehead atoms. The topological polar surface area (TPSA) is 55.8 Å². The van der Waals surface area contributed by atoms with Crippen LogP contribution in [0.5, 0.6) is 5.75 Å². The zero-order chi connectivity index (χ0) is 12.0. The summed E-state index contributed by atoms with van der Waals surface area (Å²) >= 11 is 0. The van der Waals surface area contributed by atoms with Crippen LogP contribution in [0.4, 0.5) is 0 Å². The molecule has 1 aromatic rings. The minimum Gasteiger partial charge on any atom is -0.496 e. The fraction of sp³-hybridized carbons (Fsp3) is 0.250. The Balaban J connectivity index is 3.10. The SMILES string of the molecule is COC(=O)c1ccc(OC)c(/C=C/CO)c1. The lowest BCUT2D eigenvalue weighted by molar-refractivity contribution is 0.0600. The maximum atomic E-state index is 11.3. The molecular weight excluding hydrogens is 208 g/mol. The number of hydrogen-bond acceptors (Lipinski definition) is 4. The molecule has 1 N–H and O–H groups in total. The van der Waals surface area contributed by atoms with E-state index in [4.69, 9.17) is 9.84 Å². The number of carbonyl (C=O) groups excluding carboxylic acids is 1. The molecule has 0 saturated carbocycles. The minimum atomic E-state index is -0.402. The van der Waals surface area contributed by atoms with Crippen LogP contribution < -0.4 is 4.74 Å². The van der Waals surface area contributed by atoms with Gasteiger partial charge in [0, 0.05) is 5.56 Å². The predicted molar refractivity (Wildman–Crippen MR) is 60.5 cm³/mol. The molecule has 0 spiro atoms. The number of aliphatic hydroxyl groups excluding tert-OH is 1. The highest BCUT2D eigenvalue weighted by molar-refractivity contribution is 5.90. The van der Waals surface area contributed by atoms with Gasteiger partial charge in [0.15, 0.2) is 0 Å². The highest BCUT2D eigenvalue weighted by Gasteiger charge is 2.08. The number of aliphatic hydroxyl groups is 1. The number of ether oxygens (including phenoxy) is 2. The highest BCUT2D eigenvalue weighted by atomic mass is 16.5. The Morgan fingerprint density at radius 3 is 2.75 bits per heavy atom. The molecule has 4 heteroatoms. The quantitative estimate of drug-likeness (QED) is 0.784. The summed E-state index contributed by atoms with van der Waals surface area (Å²) in [4.78, 5) is 11.3. The van der Waals surface area contributed by atoms with Crippen LogP contribution in [0.3, 0.4) is 0 Å². The van der Waals surface area contributed by atoms with Crippen LogP contribution in [0.2, 0.25) is 0 Å². The van der Waals surface area contributed by atoms with E-state index >= 15 is 0 Å². The van der Waals surface area contributed by atoms with E-state index in [0.717, 1.165) is 5.56 Å². The third-order valence-corrected chi connectivity index (χ3v) is 2.05. The summed E-state index contributed by atoms with van der Waals surface area (Å²) in [6.45, 7) is -0.0639. The van der Waals surface area contributed by atoms with Crippen LogP contribution in [0, 0.1) is 0 Å². The Hall–Kier alpha value is -1.81. The smallest absolute Gasteiger partial charge is 0.337 e. The Labute approximate surface area is 94.1 Å². The van der Waals surface area contributed by atoms with Gasteiger partial charge in [0.25, 0.3) is 0 Å². The van der Waals surface area contributed by atoms with Gasteiger partial charge in [0.1, 0.15) is 5.75 Å². The van der Waals surface area contributed by atoms with Crippen molar-refractivity contribution in [3.8, 4) is 5.75 Å². The number of carbonyl (C=O) groups is 1. The van der Waals surface area contributed by atoms with Gasteiger partial charge in [-0.3, -0.25) is 0 Å². The lowest BCUT2D eigenvalue weighted by Crippen LogP contribution is -2.01. The Morgan fingerprint density at radius 1 is 1.44 bits per heavy atom. The molecule has 0 radical (unpaired) electrons. The molecule has 0 saturated heterocycles. The molecule has 0 aromatic heterocycles. The molecule has 0 aliphatic heterocycles. The lowest BCUT2D eigenvalue weighted by atomic mass is 10.1. The zero-order valence-corrected chi connectivity index (χ0v) is 9.27. The van der Waals surface area contributed by atoms with Gasteiger partial charge in [-0.05, 0) is 18.2 Å².